The van der Waals surface area contributed by atoms with Crippen LogP contribution in [0.15, 0.2) is 16.5 Å². The molecule has 0 spiro atoms. The minimum absolute atomic E-state index is 0.138. The Morgan fingerprint density at radius 3 is 2.68 bits per heavy atom. The fourth-order valence-electron chi connectivity index (χ4n) is 2.75. The van der Waals surface area contributed by atoms with Gasteiger partial charge in [-0.15, -0.1) is 10.2 Å². The van der Waals surface area contributed by atoms with E-state index in [0.29, 0.717) is 24.5 Å². The number of nitrogens with zero attached hydrogens (tertiary/aromatic N) is 3. The summed E-state index contributed by atoms with van der Waals surface area (Å²) < 4.78 is 37.5. The molecule has 9 nitrogen and oxygen atoms in total. The van der Waals surface area contributed by atoms with Crippen LogP contribution in [-0.2, 0) is 27.8 Å². The van der Waals surface area contributed by atoms with Crippen LogP contribution in [0.2, 0.25) is 0 Å². The van der Waals surface area contributed by atoms with Gasteiger partial charge in [0, 0.05) is 20.0 Å². The van der Waals surface area contributed by atoms with Gasteiger partial charge in [0.25, 0.3) is 10.0 Å². The van der Waals surface area contributed by atoms with Crippen molar-refractivity contribution in [2.24, 2.45) is 0 Å². The van der Waals surface area contributed by atoms with Gasteiger partial charge in [-0.25, -0.2) is 8.42 Å². The molecule has 11 heteroatoms. The molecule has 0 aliphatic carbocycles. The van der Waals surface area contributed by atoms with Gasteiger partial charge in [-0.2, -0.15) is 4.31 Å². The number of sulfonamides is 1. The van der Waals surface area contributed by atoms with Gasteiger partial charge in [0.15, 0.2) is 11.5 Å². The third-order valence-electron chi connectivity index (χ3n) is 3.92. The second kappa shape index (κ2) is 5.93. The molecule has 0 atom stereocenters. The number of carbonyl (C=O) groups is 1. The number of rotatable bonds is 3. The summed E-state index contributed by atoms with van der Waals surface area (Å²) in [7, 11) is -3.78. The van der Waals surface area contributed by atoms with Crippen molar-refractivity contribution >= 4 is 32.4 Å². The van der Waals surface area contributed by atoms with E-state index in [1.807, 2.05) is 12.1 Å². The quantitative estimate of drug-likeness (QED) is 0.788. The molecule has 0 radical (unpaired) electrons. The Bertz CT molecular complexity index is 956. The normalized spacial score (nSPS) is 16.5. The smallest absolute Gasteiger partial charge is 0.272 e. The largest absolute Gasteiger partial charge is 0.454 e. The minimum atomic E-state index is -3.78. The zero-order chi connectivity index (χ0) is 17.6. The van der Waals surface area contributed by atoms with E-state index < -0.39 is 10.0 Å². The Kier molecular flexibility index (Phi) is 3.85. The van der Waals surface area contributed by atoms with E-state index in [0.717, 1.165) is 22.5 Å². The third kappa shape index (κ3) is 2.94. The third-order valence-corrected chi connectivity index (χ3v) is 6.95. The fourth-order valence-corrected chi connectivity index (χ4v) is 5.25. The lowest BCUT2D eigenvalue weighted by atomic mass is 10.0. The van der Waals surface area contributed by atoms with Gasteiger partial charge in [-0.1, -0.05) is 11.3 Å². The molecular formula is C14H14N4O5S2. The summed E-state index contributed by atoms with van der Waals surface area (Å²) in [4.78, 5) is 11.0. The lowest BCUT2D eigenvalue weighted by molar-refractivity contribution is -0.114. The summed E-state index contributed by atoms with van der Waals surface area (Å²) in [6.45, 7) is 2.06. The van der Waals surface area contributed by atoms with Crippen molar-refractivity contribution < 1.29 is 22.7 Å². The monoisotopic (exact) mass is 382 g/mol. The standard InChI is InChI=1S/C14H14N4O5S2/c1-8(19)15-13-16-17-14(24-13)25(20,21)18-3-2-9-4-11-12(23-7-22-11)5-10(9)6-18/h4-5H,2-3,6-7H2,1H3,(H,15,16,19). The summed E-state index contributed by atoms with van der Waals surface area (Å²) in [5, 5.41) is 10.0. The number of anilines is 1. The predicted octanol–water partition coefficient (Wildman–Crippen LogP) is 0.972. The van der Waals surface area contributed by atoms with Crippen LogP contribution in [-0.4, -0.2) is 42.2 Å². The van der Waals surface area contributed by atoms with Gasteiger partial charge in [0.05, 0.1) is 0 Å². The van der Waals surface area contributed by atoms with Crippen LogP contribution < -0.4 is 14.8 Å². The van der Waals surface area contributed by atoms with Crippen LogP contribution in [0, 0.1) is 0 Å². The maximum absolute atomic E-state index is 12.8. The maximum atomic E-state index is 12.8. The minimum Gasteiger partial charge on any atom is -0.454 e. The number of hydrogen-bond donors (Lipinski definition) is 1. The van der Waals surface area contributed by atoms with Gasteiger partial charge in [-0.05, 0) is 29.7 Å². The van der Waals surface area contributed by atoms with E-state index in [1.165, 1.54) is 11.2 Å². The molecule has 132 valence electrons. The summed E-state index contributed by atoms with van der Waals surface area (Å²) in [5.41, 5.74) is 1.93. The molecule has 25 heavy (non-hydrogen) atoms. The van der Waals surface area contributed by atoms with Crippen molar-refractivity contribution in [1.29, 1.82) is 0 Å². The van der Waals surface area contributed by atoms with E-state index in [4.69, 9.17) is 9.47 Å². The van der Waals surface area contributed by atoms with E-state index in [1.54, 1.807) is 0 Å². The topological polar surface area (TPSA) is 111 Å². The summed E-state index contributed by atoms with van der Waals surface area (Å²) in [5.74, 6) is 0.990. The van der Waals surface area contributed by atoms with E-state index in [-0.39, 0.29) is 28.7 Å². The van der Waals surface area contributed by atoms with Crippen molar-refractivity contribution in [2.45, 2.75) is 24.2 Å². The average Bonchev–Trinajstić information content (AvgIpc) is 3.20. The highest BCUT2D eigenvalue weighted by Crippen LogP contribution is 2.37. The first-order valence-corrected chi connectivity index (χ1v) is 9.72. The maximum Gasteiger partial charge on any atom is 0.272 e. The van der Waals surface area contributed by atoms with Crippen LogP contribution in [0.4, 0.5) is 5.13 Å². The van der Waals surface area contributed by atoms with Crippen molar-refractivity contribution in [1.82, 2.24) is 14.5 Å². The van der Waals surface area contributed by atoms with Crippen molar-refractivity contribution in [3.63, 3.8) is 0 Å². The summed E-state index contributed by atoms with van der Waals surface area (Å²) in [6, 6.07) is 3.73. The van der Waals surface area contributed by atoms with Crippen molar-refractivity contribution in [2.75, 3.05) is 18.7 Å². The molecule has 0 fully saturated rings. The Labute approximate surface area is 147 Å². The molecule has 2 aliphatic heterocycles. The lowest BCUT2D eigenvalue weighted by Gasteiger charge is -2.27. The first kappa shape index (κ1) is 16.2. The molecule has 1 aromatic heterocycles. The number of aromatic nitrogens is 2. The summed E-state index contributed by atoms with van der Waals surface area (Å²) >= 11 is 0.835. The highest BCUT2D eigenvalue weighted by Gasteiger charge is 2.32. The van der Waals surface area contributed by atoms with Gasteiger partial charge >= 0.3 is 0 Å². The molecule has 1 N–H and O–H groups in total. The van der Waals surface area contributed by atoms with Gasteiger partial charge in [0.1, 0.15) is 0 Å². The fraction of sp³-hybridized carbons (Fsp3) is 0.357. The lowest BCUT2D eigenvalue weighted by Crippen LogP contribution is -2.35. The van der Waals surface area contributed by atoms with Crippen LogP contribution >= 0.6 is 11.3 Å². The van der Waals surface area contributed by atoms with Gasteiger partial charge in [-0.3, -0.25) is 4.79 Å². The Morgan fingerprint density at radius 1 is 1.24 bits per heavy atom. The van der Waals surface area contributed by atoms with E-state index >= 15 is 0 Å². The second-order valence-electron chi connectivity index (χ2n) is 5.62. The Hall–Kier alpha value is -2.24. The first-order valence-electron chi connectivity index (χ1n) is 7.46. The van der Waals surface area contributed by atoms with E-state index in [9.17, 15) is 13.2 Å². The van der Waals surface area contributed by atoms with Crippen molar-refractivity contribution in [3.8, 4) is 11.5 Å². The molecule has 0 saturated heterocycles. The summed E-state index contributed by atoms with van der Waals surface area (Å²) in [6.07, 6.45) is 0.572. The highest BCUT2D eigenvalue weighted by atomic mass is 32.2. The first-order chi connectivity index (χ1) is 11.9. The predicted molar refractivity (Wildman–Crippen MR) is 88.1 cm³/mol. The Balaban J connectivity index is 1.60. The molecule has 3 heterocycles. The molecule has 0 bridgehead atoms. The number of ether oxygens (including phenoxy) is 2. The van der Waals surface area contributed by atoms with Crippen LogP contribution in [0.3, 0.4) is 0 Å². The Morgan fingerprint density at radius 2 is 1.96 bits per heavy atom. The van der Waals surface area contributed by atoms with Crippen LogP contribution in [0.5, 0.6) is 11.5 Å². The highest BCUT2D eigenvalue weighted by molar-refractivity contribution is 7.91. The molecule has 2 aliphatic rings. The van der Waals surface area contributed by atoms with Crippen LogP contribution in [0.1, 0.15) is 18.1 Å². The molecule has 0 saturated carbocycles. The molecule has 4 rings (SSSR count). The number of benzene rings is 1. The number of carbonyl (C=O) groups excluding carboxylic acids is 1. The SMILES string of the molecule is CC(=O)Nc1nnc(S(=O)(=O)N2CCc3cc4c(cc3C2)OCO4)s1. The second-order valence-corrected chi connectivity index (χ2v) is 8.71. The molecule has 2 aromatic rings. The number of amides is 1. The number of fused-ring (bicyclic) bond motifs is 2. The number of hydrogen-bond acceptors (Lipinski definition) is 8. The van der Waals surface area contributed by atoms with Crippen molar-refractivity contribution in [3.05, 3.63) is 23.3 Å². The zero-order valence-electron chi connectivity index (χ0n) is 13.2. The molecule has 1 amide bonds. The number of nitrogens with one attached hydrogen (secondary N) is 1. The average molecular weight is 382 g/mol. The van der Waals surface area contributed by atoms with Gasteiger partial charge < -0.3 is 14.8 Å². The van der Waals surface area contributed by atoms with Crippen LogP contribution in [0.25, 0.3) is 0 Å². The molecule has 1 aromatic carbocycles. The zero-order valence-corrected chi connectivity index (χ0v) is 14.8. The van der Waals surface area contributed by atoms with E-state index in [2.05, 4.69) is 15.5 Å². The molecular weight excluding hydrogens is 368 g/mol. The van der Waals surface area contributed by atoms with Gasteiger partial charge in [0.2, 0.25) is 22.2 Å². The molecule has 0 unspecified atom stereocenters.